The second-order valence-electron chi connectivity index (χ2n) is 5.69. The third-order valence-electron chi connectivity index (χ3n) is 3.71. The van der Waals surface area contributed by atoms with Crippen molar-refractivity contribution in [1.29, 1.82) is 0 Å². The minimum atomic E-state index is -1.34. The fourth-order valence-corrected chi connectivity index (χ4v) is 3.65. The zero-order valence-corrected chi connectivity index (χ0v) is 17.2. The minimum Gasteiger partial charge on any atom is -0.465 e. The van der Waals surface area contributed by atoms with Crippen LogP contribution in [0.2, 0.25) is 0 Å². The van der Waals surface area contributed by atoms with E-state index in [0.29, 0.717) is 25.8 Å². The molecule has 5 N–H and O–H groups in total. The third kappa shape index (κ3) is 6.07. The van der Waals surface area contributed by atoms with Crippen molar-refractivity contribution in [2.24, 2.45) is 0 Å². The summed E-state index contributed by atoms with van der Waals surface area (Å²) in [7, 11) is 0. The second-order valence-corrected chi connectivity index (χ2v) is 7.40. The van der Waals surface area contributed by atoms with E-state index in [1.807, 2.05) is 0 Å². The largest absolute Gasteiger partial charge is 0.465 e. The van der Waals surface area contributed by atoms with Crippen LogP contribution in [0.3, 0.4) is 0 Å². The van der Waals surface area contributed by atoms with Gasteiger partial charge in [0.15, 0.2) is 5.78 Å². The number of amides is 2. The van der Waals surface area contributed by atoms with Gasteiger partial charge in [0, 0.05) is 20.9 Å². The van der Waals surface area contributed by atoms with Crippen molar-refractivity contribution in [1.82, 2.24) is 10.6 Å². The highest BCUT2D eigenvalue weighted by Gasteiger charge is 2.22. The van der Waals surface area contributed by atoms with E-state index in [0.717, 1.165) is 0 Å². The van der Waals surface area contributed by atoms with Crippen LogP contribution in [0.5, 0.6) is 0 Å². The van der Waals surface area contributed by atoms with E-state index < -0.39 is 18.0 Å². The summed E-state index contributed by atoms with van der Waals surface area (Å²) in [6.45, 7) is -0.226. The molecule has 1 atom stereocenters. The topological polar surface area (TPSA) is 122 Å². The lowest BCUT2D eigenvalue weighted by atomic mass is 10.0. The van der Waals surface area contributed by atoms with Gasteiger partial charge in [0.2, 0.25) is 5.91 Å². The van der Waals surface area contributed by atoms with Crippen molar-refractivity contribution in [3.05, 3.63) is 62.5 Å². The van der Waals surface area contributed by atoms with Gasteiger partial charge in [-0.2, -0.15) is 0 Å². The zero-order chi connectivity index (χ0) is 20.0. The standard InChI is InChI=1S/C18H17Br2N3O4/c19-12-6-10(7-13(20)16(12)21)8-14(23-18(26)27)17(25)22-9-15(24)11-4-2-1-3-5-11/h1-7,14,23H,8-9,21H2,(H,22,25)(H,26,27)/t14-/m1/s1. The van der Waals surface area contributed by atoms with Gasteiger partial charge >= 0.3 is 6.09 Å². The Morgan fingerprint density at radius 3 is 2.22 bits per heavy atom. The van der Waals surface area contributed by atoms with Crippen LogP contribution in [-0.4, -0.2) is 35.5 Å². The normalized spacial score (nSPS) is 11.5. The van der Waals surface area contributed by atoms with Crippen molar-refractivity contribution in [3.8, 4) is 0 Å². The monoisotopic (exact) mass is 497 g/mol. The van der Waals surface area contributed by atoms with Gasteiger partial charge in [0.1, 0.15) is 6.04 Å². The van der Waals surface area contributed by atoms with Gasteiger partial charge in [-0.3, -0.25) is 9.59 Å². The smallest absolute Gasteiger partial charge is 0.405 e. The molecule has 0 bridgehead atoms. The number of rotatable bonds is 7. The lowest BCUT2D eigenvalue weighted by Crippen LogP contribution is -2.48. The number of carboxylic acid groups (broad SMARTS) is 1. The number of benzene rings is 2. The van der Waals surface area contributed by atoms with Gasteiger partial charge in [-0.15, -0.1) is 0 Å². The SMILES string of the molecule is Nc1c(Br)cc(C[C@@H](NC(=O)O)C(=O)NCC(=O)c2ccccc2)cc1Br. The Bertz CT molecular complexity index is 836. The molecule has 142 valence electrons. The number of carbonyl (C=O) groups is 3. The van der Waals surface area contributed by atoms with Gasteiger partial charge in [0.05, 0.1) is 12.2 Å². The van der Waals surface area contributed by atoms with E-state index in [9.17, 15) is 14.4 Å². The molecule has 0 unspecified atom stereocenters. The Kier molecular flexibility index (Phi) is 7.37. The molecule has 0 aliphatic heterocycles. The summed E-state index contributed by atoms with van der Waals surface area (Å²) in [6, 6.07) is 10.9. The molecule has 0 aliphatic rings. The summed E-state index contributed by atoms with van der Waals surface area (Å²) < 4.78 is 1.25. The molecule has 27 heavy (non-hydrogen) atoms. The number of carbonyl (C=O) groups excluding carboxylic acids is 2. The first-order valence-corrected chi connectivity index (χ1v) is 9.45. The summed E-state index contributed by atoms with van der Waals surface area (Å²) in [6.07, 6.45) is -1.24. The number of nitrogens with one attached hydrogen (secondary N) is 2. The van der Waals surface area contributed by atoms with E-state index in [-0.39, 0.29) is 18.7 Å². The van der Waals surface area contributed by atoms with E-state index in [1.54, 1.807) is 42.5 Å². The average molecular weight is 499 g/mol. The Balaban J connectivity index is 2.07. The Morgan fingerprint density at radius 2 is 1.67 bits per heavy atom. The highest BCUT2D eigenvalue weighted by atomic mass is 79.9. The maximum Gasteiger partial charge on any atom is 0.405 e. The van der Waals surface area contributed by atoms with Crippen molar-refractivity contribution >= 4 is 55.3 Å². The van der Waals surface area contributed by atoms with Crippen LogP contribution in [0, 0.1) is 0 Å². The van der Waals surface area contributed by atoms with Crippen LogP contribution in [0.4, 0.5) is 10.5 Å². The molecule has 2 aromatic rings. The molecule has 0 heterocycles. The van der Waals surface area contributed by atoms with Crippen LogP contribution < -0.4 is 16.4 Å². The van der Waals surface area contributed by atoms with Crippen LogP contribution in [0.25, 0.3) is 0 Å². The number of anilines is 1. The first-order valence-electron chi connectivity index (χ1n) is 7.86. The highest BCUT2D eigenvalue weighted by molar-refractivity contribution is 9.11. The highest BCUT2D eigenvalue weighted by Crippen LogP contribution is 2.30. The zero-order valence-electron chi connectivity index (χ0n) is 14.0. The predicted octanol–water partition coefficient (Wildman–Crippen LogP) is 2.97. The number of Topliss-reactive ketones (excluding diaryl/α,β-unsaturated/α-hetero) is 1. The molecule has 0 aliphatic carbocycles. The number of nitrogen functional groups attached to an aromatic ring is 1. The number of hydrogen-bond donors (Lipinski definition) is 4. The molecule has 0 saturated heterocycles. The molecule has 2 amide bonds. The fourth-order valence-electron chi connectivity index (χ4n) is 2.37. The van der Waals surface area contributed by atoms with Crippen molar-refractivity contribution < 1.29 is 19.5 Å². The molecule has 0 spiro atoms. The summed E-state index contributed by atoms with van der Waals surface area (Å²) in [5, 5.41) is 13.7. The molecule has 9 heteroatoms. The molecule has 0 saturated carbocycles. The van der Waals surface area contributed by atoms with Crippen molar-refractivity contribution in [2.75, 3.05) is 12.3 Å². The van der Waals surface area contributed by atoms with E-state index >= 15 is 0 Å². The second kappa shape index (κ2) is 9.52. The number of nitrogens with two attached hydrogens (primary N) is 1. The van der Waals surface area contributed by atoms with E-state index in [4.69, 9.17) is 10.8 Å². The summed E-state index contributed by atoms with van der Waals surface area (Å²) in [5.41, 5.74) is 7.49. The van der Waals surface area contributed by atoms with Crippen molar-refractivity contribution in [3.63, 3.8) is 0 Å². The molecular weight excluding hydrogens is 482 g/mol. The number of halogens is 2. The van der Waals surface area contributed by atoms with Gasteiger partial charge < -0.3 is 21.5 Å². The molecule has 7 nitrogen and oxygen atoms in total. The van der Waals surface area contributed by atoms with Gasteiger partial charge in [-0.25, -0.2) is 4.79 Å². The fraction of sp³-hybridized carbons (Fsp3) is 0.167. The minimum absolute atomic E-state index is 0.0924. The molecule has 0 fully saturated rings. The molecular formula is C18H17Br2N3O4. The Morgan fingerprint density at radius 1 is 1.07 bits per heavy atom. The Labute approximate surface area is 172 Å². The Hall–Kier alpha value is -2.39. The third-order valence-corrected chi connectivity index (χ3v) is 5.02. The molecule has 2 aromatic carbocycles. The first kappa shape index (κ1) is 20.9. The summed E-state index contributed by atoms with van der Waals surface area (Å²) >= 11 is 6.63. The van der Waals surface area contributed by atoms with Crippen LogP contribution in [0.15, 0.2) is 51.4 Å². The lowest BCUT2D eigenvalue weighted by molar-refractivity contribution is -0.122. The average Bonchev–Trinajstić information content (AvgIpc) is 2.63. The van der Waals surface area contributed by atoms with Gasteiger partial charge in [-0.1, -0.05) is 30.3 Å². The van der Waals surface area contributed by atoms with E-state index in [2.05, 4.69) is 42.5 Å². The van der Waals surface area contributed by atoms with Crippen molar-refractivity contribution in [2.45, 2.75) is 12.5 Å². The van der Waals surface area contributed by atoms with Crippen LogP contribution in [-0.2, 0) is 11.2 Å². The summed E-state index contributed by atoms with van der Waals surface area (Å²) in [5.74, 6) is -0.859. The molecule has 0 aromatic heterocycles. The maximum atomic E-state index is 12.4. The lowest BCUT2D eigenvalue weighted by Gasteiger charge is -2.17. The number of hydrogen-bond acceptors (Lipinski definition) is 4. The quantitative estimate of drug-likeness (QED) is 0.345. The number of ketones is 1. The van der Waals surface area contributed by atoms with Crippen LogP contribution in [0.1, 0.15) is 15.9 Å². The summed E-state index contributed by atoms with van der Waals surface area (Å²) in [4.78, 5) is 35.6. The molecule has 0 radical (unpaired) electrons. The van der Waals surface area contributed by atoms with E-state index in [1.165, 1.54) is 0 Å². The van der Waals surface area contributed by atoms with Crippen LogP contribution >= 0.6 is 31.9 Å². The van der Waals surface area contributed by atoms with Gasteiger partial charge in [0.25, 0.3) is 0 Å². The van der Waals surface area contributed by atoms with Gasteiger partial charge in [-0.05, 0) is 49.6 Å². The molecule has 2 rings (SSSR count). The maximum absolute atomic E-state index is 12.4. The first-order chi connectivity index (χ1) is 12.8. The predicted molar refractivity (Wildman–Crippen MR) is 109 cm³/mol.